The molecule has 0 spiro atoms. The van der Waals surface area contributed by atoms with Crippen molar-refractivity contribution in [2.24, 2.45) is 0 Å². The fourth-order valence-electron chi connectivity index (χ4n) is 0.868. The zero-order valence-corrected chi connectivity index (χ0v) is 8.60. The summed E-state index contributed by atoms with van der Waals surface area (Å²) in [4.78, 5) is 4.19. The van der Waals surface area contributed by atoms with Gasteiger partial charge in [0.1, 0.15) is 5.00 Å². The predicted octanol–water partition coefficient (Wildman–Crippen LogP) is 1.79. The Morgan fingerprint density at radius 1 is 1.54 bits per heavy atom. The topological polar surface area (TPSA) is 42.7 Å². The molecule has 0 fully saturated rings. The first-order valence-electron chi connectivity index (χ1n) is 3.54. The molecule has 1 N–H and O–H groups in total. The van der Waals surface area contributed by atoms with E-state index in [0.29, 0.717) is 0 Å². The molecule has 2 rings (SSSR count). The fourth-order valence-corrected chi connectivity index (χ4v) is 1.58. The largest absolute Gasteiger partial charge is 0.379 e. The van der Waals surface area contributed by atoms with Gasteiger partial charge in [-0.05, 0) is 6.07 Å². The zero-order chi connectivity index (χ0) is 8.39. The molecule has 0 unspecified atom stereocenters. The summed E-state index contributed by atoms with van der Waals surface area (Å²) in [5, 5.41) is 9.02. The number of aromatic nitrogens is 3. The van der Waals surface area contributed by atoms with Crippen LogP contribution in [0.25, 0.3) is 5.13 Å². The fraction of sp³-hybridized carbons (Fsp3) is 0.143. The van der Waals surface area contributed by atoms with Crippen molar-refractivity contribution in [3.63, 3.8) is 0 Å². The first-order valence-corrected chi connectivity index (χ1v) is 4.35. The molecule has 4 nitrogen and oxygen atoms in total. The second-order valence-electron chi connectivity index (χ2n) is 2.21. The molecule has 0 amide bonds. The molecule has 0 aromatic carbocycles. The number of rotatable bonds is 2. The highest BCUT2D eigenvalue weighted by atomic mass is 35.5. The Hall–Kier alpha value is -1.07. The van der Waals surface area contributed by atoms with Crippen LogP contribution in [0.2, 0.25) is 0 Å². The van der Waals surface area contributed by atoms with Crippen LogP contribution in [0.1, 0.15) is 0 Å². The van der Waals surface area contributed by atoms with E-state index in [4.69, 9.17) is 0 Å². The molecule has 2 heterocycles. The van der Waals surface area contributed by atoms with Crippen LogP contribution in [0.15, 0.2) is 24.7 Å². The van der Waals surface area contributed by atoms with Crippen LogP contribution >= 0.6 is 23.7 Å². The van der Waals surface area contributed by atoms with E-state index in [1.165, 1.54) is 0 Å². The molecule has 0 radical (unpaired) electrons. The van der Waals surface area contributed by atoms with E-state index in [1.54, 1.807) is 28.4 Å². The van der Waals surface area contributed by atoms with Gasteiger partial charge in [0.2, 0.25) is 5.13 Å². The summed E-state index contributed by atoms with van der Waals surface area (Å²) >= 11 is 1.57. The Bertz CT molecular complexity index is 356. The Kier molecular flexibility index (Phi) is 3.27. The van der Waals surface area contributed by atoms with E-state index in [1.807, 2.05) is 19.3 Å². The van der Waals surface area contributed by atoms with Crippen molar-refractivity contribution in [3.05, 3.63) is 24.7 Å². The highest BCUT2D eigenvalue weighted by Crippen LogP contribution is 2.20. The first kappa shape index (κ1) is 10.0. The lowest BCUT2D eigenvalue weighted by Gasteiger charge is -1.91. The Morgan fingerprint density at radius 2 is 2.38 bits per heavy atom. The van der Waals surface area contributed by atoms with Gasteiger partial charge in [-0.15, -0.1) is 12.4 Å². The molecule has 0 aliphatic rings. The third-order valence-corrected chi connectivity index (χ3v) is 2.44. The molecule has 70 valence electrons. The van der Waals surface area contributed by atoms with Crippen molar-refractivity contribution < 1.29 is 0 Å². The lowest BCUT2D eigenvalue weighted by Crippen LogP contribution is -1.91. The first-order chi connectivity index (χ1) is 5.90. The van der Waals surface area contributed by atoms with Gasteiger partial charge < -0.3 is 5.32 Å². The van der Waals surface area contributed by atoms with Crippen molar-refractivity contribution in [1.29, 1.82) is 0 Å². The minimum absolute atomic E-state index is 0. The van der Waals surface area contributed by atoms with Crippen LogP contribution in [-0.4, -0.2) is 21.8 Å². The zero-order valence-electron chi connectivity index (χ0n) is 6.97. The summed E-state index contributed by atoms with van der Waals surface area (Å²) in [7, 11) is 1.88. The molecule has 2 aromatic heterocycles. The molecule has 13 heavy (non-hydrogen) atoms. The van der Waals surface area contributed by atoms with Gasteiger partial charge in [-0.2, -0.15) is 5.10 Å². The summed E-state index contributed by atoms with van der Waals surface area (Å²) in [6.07, 6.45) is 5.40. The van der Waals surface area contributed by atoms with Crippen molar-refractivity contribution in [3.8, 4) is 5.13 Å². The van der Waals surface area contributed by atoms with Crippen LogP contribution < -0.4 is 5.32 Å². The lowest BCUT2D eigenvalue weighted by atomic mass is 10.8. The van der Waals surface area contributed by atoms with E-state index >= 15 is 0 Å². The van der Waals surface area contributed by atoms with Gasteiger partial charge in [0.25, 0.3) is 0 Å². The number of nitrogens with zero attached hydrogens (tertiary/aromatic N) is 3. The minimum Gasteiger partial charge on any atom is -0.379 e. The summed E-state index contributed by atoms with van der Waals surface area (Å²) in [5.41, 5.74) is 0. The lowest BCUT2D eigenvalue weighted by molar-refractivity contribution is 0.869. The van der Waals surface area contributed by atoms with E-state index in [9.17, 15) is 0 Å². The standard InChI is InChI=1S/C7H8N4S.ClH/c1-8-6-5-9-7(12-6)11-4-2-3-10-11;/h2-5,8H,1H3;1H. The van der Waals surface area contributed by atoms with E-state index in [-0.39, 0.29) is 12.4 Å². The molecule has 0 aliphatic carbocycles. The highest BCUT2D eigenvalue weighted by molar-refractivity contribution is 7.18. The van der Waals surface area contributed by atoms with Crippen molar-refractivity contribution in [2.75, 3.05) is 12.4 Å². The predicted molar refractivity (Wildman–Crippen MR) is 56.0 cm³/mol. The maximum Gasteiger partial charge on any atom is 0.212 e. The van der Waals surface area contributed by atoms with Crippen LogP contribution in [0, 0.1) is 0 Å². The average molecular weight is 217 g/mol. The maximum atomic E-state index is 4.19. The molecular formula is C7H9ClN4S. The number of anilines is 1. The summed E-state index contributed by atoms with van der Waals surface area (Å²) in [6.45, 7) is 0. The average Bonchev–Trinajstić information content (AvgIpc) is 2.75. The van der Waals surface area contributed by atoms with E-state index < -0.39 is 0 Å². The second kappa shape index (κ2) is 4.25. The SMILES string of the molecule is CNc1cnc(-n2cccn2)s1.Cl. The van der Waals surface area contributed by atoms with Crippen LogP contribution in [0.4, 0.5) is 5.00 Å². The van der Waals surface area contributed by atoms with Crippen molar-refractivity contribution >= 4 is 28.7 Å². The van der Waals surface area contributed by atoms with Gasteiger partial charge in [0, 0.05) is 19.4 Å². The van der Waals surface area contributed by atoms with Crippen LogP contribution in [0.3, 0.4) is 0 Å². The van der Waals surface area contributed by atoms with Gasteiger partial charge in [-0.3, -0.25) is 0 Å². The smallest absolute Gasteiger partial charge is 0.212 e. The summed E-state index contributed by atoms with van der Waals surface area (Å²) in [5.74, 6) is 0. The molecule has 2 aromatic rings. The Labute approximate surface area is 86.0 Å². The normalized spacial score (nSPS) is 9.31. The molecule has 0 atom stereocenters. The summed E-state index contributed by atoms with van der Waals surface area (Å²) < 4.78 is 1.74. The quantitative estimate of drug-likeness (QED) is 0.833. The highest BCUT2D eigenvalue weighted by Gasteiger charge is 2.01. The van der Waals surface area contributed by atoms with Crippen LogP contribution in [-0.2, 0) is 0 Å². The molecule has 0 saturated carbocycles. The van der Waals surface area contributed by atoms with Gasteiger partial charge in [0.15, 0.2) is 0 Å². The number of halogens is 1. The Morgan fingerprint density at radius 3 is 2.92 bits per heavy atom. The van der Waals surface area contributed by atoms with Crippen molar-refractivity contribution in [2.45, 2.75) is 0 Å². The molecule has 6 heteroatoms. The van der Waals surface area contributed by atoms with E-state index in [0.717, 1.165) is 10.1 Å². The van der Waals surface area contributed by atoms with Gasteiger partial charge in [0.05, 0.1) is 6.20 Å². The third-order valence-electron chi connectivity index (χ3n) is 1.44. The second-order valence-corrected chi connectivity index (χ2v) is 3.22. The van der Waals surface area contributed by atoms with Gasteiger partial charge >= 0.3 is 0 Å². The van der Waals surface area contributed by atoms with Gasteiger partial charge in [-0.25, -0.2) is 9.67 Å². The minimum atomic E-state index is 0. The van der Waals surface area contributed by atoms with Crippen molar-refractivity contribution in [1.82, 2.24) is 14.8 Å². The Balaban J connectivity index is 0.000000845. The van der Waals surface area contributed by atoms with Gasteiger partial charge in [-0.1, -0.05) is 11.3 Å². The summed E-state index contributed by atoms with van der Waals surface area (Å²) in [6, 6.07) is 1.88. The monoisotopic (exact) mass is 216 g/mol. The molecule has 0 bridgehead atoms. The van der Waals surface area contributed by atoms with Crippen LogP contribution in [0.5, 0.6) is 0 Å². The maximum absolute atomic E-state index is 4.19. The third kappa shape index (κ3) is 1.99. The van der Waals surface area contributed by atoms with E-state index in [2.05, 4.69) is 15.4 Å². The number of thiazole rings is 1. The molecule has 0 saturated heterocycles. The molecule has 0 aliphatic heterocycles. The number of hydrogen-bond donors (Lipinski definition) is 1. The number of hydrogen-bond acceptors (Lipinski definition) is 4. The number of nitrogens with one attached hydrogen (secondary N) is 1. The molecular weight excluding hydrogens is 208 g/mol.